The van der Waals surface area contributed by atoms with Crippen LogP contribution in [0, 0.1) is 207 Å². The summed E-state index contributed by atoms with van der Waals surface area (Å²) >= 11 is 45.7. The molecule has 840 valence electrons. The third-order valence-electron chi connectivity index (χ3n) is 52.8. The van der Waals surface area contributed by atoms with E-state index in [1.165, 1.54) is 83.5 Å². The lowest BCUT2D eigenvalue weighted by molar-refractivity contribution is -0.0259. The van der Waals surface area contributed by atoms with Crippen LogP contribution in [-0.2, 0) is 75.8 Å². The van der Waals surface area contributed by atoms with Crippen LogP contribution in [0.25, 0.3) is 0 Å². The van der Waals surface area contributed by atoms with Gasteiger partial charge in [0.15, 0.2) is 0 Å². The molecule has 16 nitrogen and oxygen atoms in total. The quantitative estimate of drug-likeness (QED) is 0.164. The summed E-state index contributed by atoms with van der Waals surface area (Å²) in [7, 11) is 0. The van der Waals surface area contributed by atoms with E-state index in [2.05, 4.69) is 201 Å². The largest absolute Gasteiger partial charge is 0.370 e. The Kier molecular flexibility index (Phi) is 28.1. The van der Waals surface area contributed by atoms with Crippen LogP contribution in [-0.4, -0.2) is 228 Å². The van der Waals surface area contributed by atoms with E-state index in [-0.39, 0.29) is 88.3 Å². The number of ether oxygens (including phenoxy) is 16. The zero-order valence-corrected chi connectivity index (χ0v) is 101. The van der Waals surface area contributed by atoms with Gasteiger partial charge in [-0.05, 0) is 418 Å². The first-order chi connectivity index (χ1) is 69.6. The first-order valence-corrected chi connectivity index (χ1v) is 64.8. The molecule has 0 N–H and O–H groups in total. The van der Waals surface area contributed by atoms with Gasteiger partial charge in [0.1, 0.15) is 12.2 Å². The van der Waals surface area contributed by atoms with Crippen molar-refractivity contribution in [2.45, 2.75) is 570 Å². The van der Waals surface area contributed by atoms with Gasteiger partial charge in [-0.25, -0.2) is 0 Å². The van der Waals surface area contributed by atoms with Gasteiger partial charge in [-0.2, -0.15) is 0 Å². The molecule has 16 aliphatic carbocycles. The van der Waals surface area contributed by atoms with E-state index in [1.54, 1.807) is 0 Å². The summed E-state index contributed by atoms with van der Waals surface area (Å²) in [6, 6.07) is 0. The first-order valence-electron chi connectivity index (χ1n) is 61.8. The Balaban J connectivity index is 0.0000000881. The Morgan fingerprint density at radius 2 is 0.480 bits per heavy atom. The van der Waals surface area contributed by atoms with Crippen LogP contribution in [0.1, 0.15) is 342 Å². The molecule has 23 heteroatoms. The van der Waals surface area contributed by atoms with Crippen LogP contribution in [0.15, 0.2) is 0 Å². The molecular formula is C125H195Cl7O16. The van der Waals surface area contributed by atoms with Crippen molar-refractivity contribution in [3.8, 4) is 0 Å². The van der Waals surface area contributed by atoms with Crippen LogP contribution < -0.4 is 0 Å². The summed E-state index contributed by atoms with van der Waals surface area (Å²) in [5.41, 5.74) is 1.54. The lowest BCUT2D eigenvalue weighted by Crippen LogP contribution is -2.53. The highest BCUT2D eigenvalue weighted by Gasteiger charge is 2.77. The number of halogens is 7. The van der Waals surface area contributed by atoms with Gasteiger partial charge in [-0.3, -0.25) is 0 Å². The molecule has 0 bridgehead atoms. The minimum absolute atomic E-state index is 0.0921. The van der Waals surface area contributed by atoms with Gasteiger partial charge in [-0.15, -0.1) is 81.2 Å². The third kappa shape index (κ3) is 18.8. The second-order valence-corrected chi connectivity index (χ2v) is 64.4. The molecule has 16 aliphatic heterocycles. The van der Waals surface area contributed by atoms with Gasteiger partial charge in [0.05, 0.1) is 189 Å². The molecule has 0 aromatic heterocycles. The van der Waals surface area contributed by atoms with Crippen LogP contribution in [0.5, 0.6) is 0 Å². The standard InChI is InChI=1S/C20H34O2.C19H32O2.2C18H30O2.C14H20Cl2O2.2C12H16Cl2O2.C12H17ClO2/c1-9-11(3)17-19(7,21-17)13(5)15(9)16-10(2)12(4)18-20(8,22-18)14(16)6;1-9-11(3)16-18(6,20-16)8-14(9)15-10(2)12(4)17-19(7,21-17)13(15)5;1-9-11(3)15-17(5,19-15)7-13(9)14-8-18(6)16(20-18)12(4)10(14)2;1-9-7-13(11(3)17(5)15(9)19-17)14-8-10(2)16-18(6,20-16)12(14)4;1-13-5-7(9(15)3-11(13)17-13)8-6-14(2)12(18-14)4-10(8)16;13-7-3-11-9(15-11)1-5(7)6-2-10-12(16-10)4-8(6)14;13-9-5(1-3-7-11(9)15-7)6-2-4-8-12(16-8)10(6)14;13-8-5-12-11(15-12)4-7(8)6-1-2-9-10(3-6)14-9/h9-18H,1-8H3;9-17H,8H2,1-7H3;2*9-16H,7-8H2,1-6H3;7-12H,3-6H2,1-2H3;2*5-12H,1-4H2;6-12H,1-5H2. The highest BCUT2D eigenvalue weighted by atomic mass is 35.5. The fourth-order valence-electron chi connectivity index (χ4n) is 40.5. The Morgan fingerprint density at radius 1 is 0.189 bits per heavy atom. The number of hydrogen-bond acceptors (Lipinski definition) is 16. The lowest BCUT2D eigenvalue weighted by atomic mass is 9.51. The molecule has 32 aliphatic rings. The summed E-state index contributed by atoms with van der Waals surface area (Å²) in [6.07, 6.45) is 36.4. The summed E-state index contributed by atoms with van der Waals surface area (Å²) < 4.78 is 94.1. The molecule has 74 unspecified atom stereocenters. The van der Waals surface area contributed by atoms with Crippen molar-refractivity contribution in [2.75, 3.05) is 0 Å². The van der Waals surface area contributed by atoms with E-state index in [9.17, 15) is 0 Å². The smallest absolute Gasteiger partial charge is 0.101 e. The Labute approximate surface area is 927 Å². The number of alkyl halides is 7. The molecule has 16 saturated heterocycles. The summed E-state index contributed by atoms with van der Waals surface area (Å²) in [5, 5.41) is 1.66. The van der Waals surface area contributed by atoms with Gasteiger partial charge in [-0.1, -0.05) is 132 Å². The maximum atomic E-state index is 6.59. The molecule has 0 amide bonds. The average molecular weight is 2200 g/mol. The first kappa shape index (κ1) is 109. The number of rotatable bonds is 8. The number of hydrogen-bond donors (Lipinski definition) is 0. The minimum atomic E-state index is 0.0921. The van der Waals surface area contributed by atoms with E-state index in [1.807, 2.05) is 0 Å². The summed E-state index contributed by atoms with van der Waals surface area (Å²) in [6.45, 7) is 69.6. The van der Waals surface area contributed by atoms with Crippen LogP contribution in [0.3, 0.4) is 0 Å². The molecule has 32 fully saturated rings. The highest BCUT2D eigenvalue weighted by molar-refractivity contribution is 6.23. The Bertz CT molecular complexity index is 4640. The zero-order valence-electron chi connectivity index (χ0n) is 95.7. The van der Waals surface area contributed by atoms with Crippen molar-refractivity contribution < 1.29 is 75.8 Å². The van der Waals surface area contributed by atoms with Crippen molar-refractivity contribution >= 4 is 81.2 Å². The fraction of sp³-hybridized carbons (Fsp3) is 1.00. The predicted molar refractivity (Wildman–Crippen MR) is 584 cm³/mol. The van der Waals surface area contributed by atoms with Gasteiger partial charge in [0.2, 0.25) is 0 Å². The molecule has 0 spiro atoms. The molecular weight excluding hydrogens is 2010 g/mol. The van der Waals surface area contributed by atoms with Gasteiger partial charge in [0.25, 0.3) is 0 Å². The van der Waals surface area contributed by atoms with E-state index < -0.39 is 0 Å². The minimum Gasteiger partial charge on any atom is -0.370 e. The maximum Gasteiger partial charge on any atom is 0.101 e. The molecule has 148 heavy (non-hydrogen) atoms. The Morgan fingerprint density at radius 3 is 0.865 bits per heavy atom. The number of epoxide rings is 16. The van der Waals surface area contributed by atoms with Crippen LogP contribution in [0.4, 0.5) is 0 Å². The van der Waals surface area contributed by atoms with Crippen LogP contribution in [0.2, 0.25) is 0 Å². The maximum absolute atomic E-state index is 6.59. The average Bonchev–Trinajstić information content (AvgIpc) is 1.05. The second kappa shape index (κ2) is 38.0. The number of fused-ring (bicyclic) bond motifs is 16. The SMILES string of the molecule is CC12CC(C3CC4(C)OC4CC3Cl)C(Cl)CC1O2.CC1C(C)C2OC2(C)C(C)C1C1C(C)C(C)C2OC2(C)C1C.CC1C(C)C2OC2(C)CC1C1C(C)C(C)C2OC2(C)C1C.CC1C(C)C2OC2(C)CC1C1CC2(C)OC2C(C)C1C.CC1CC(C2CC(C)C3OC3(C)C2C)C(C)C2(C)OC12.ClC1C(C2CCC3OC3C2Cl)CCC2OC21.ClC1CC2OC2CC1C1CC2OC2CC1Cl.ClC1CC2OC2CC1C1CCC2OC2C1. The van der Waals surface area contributed by atoms with Crippen molar-refractivity contribution in [1.29, 1.82) is 0 Å². The van der Waals surface area contributed by atoms with Crippen molar-refractivity contribution in [2.24, 2.45) is 207 Å². The van der Waals surface area contributed by atoms with Crippen molar-refractivity contribution in [1.82, 2.24) is 0 Å². The lowest BCUT2D eigenvalue weighted by Gasteiger charge is -2.51. The molecule has 16 heterocycles. The van der Waals surface area contributed by atoms with Crippen molar-refractivity contribution in [3.63, 3.8) is 0 Å². The molecule has 16 saturated carbocycles. The summed E-state index contributed by atoms with van der Waals surface area (Å²) in [4.78, 5) is 0. The van der Waals surface area contributed by atoms with E-state index in [4.69, 9.17) is 157 Å². The van der Waals surface area contributed by atoms with Gasteiger partial charge < -0.3 is 75.8 Å². The fourth-order valence-corrected chi connectivity index (χ4v) is 43.9. The van der Waals surface area contributed by atoms with E-state index >= 15 is 0 Å². The van der Waals surface area contributed by atoms with Crippen LogP contribution >= 0.6 is 81.2 Å². The predicted octanol–water partition coefficient (Wildman–Crippen LogP) is 27.1. The van der Waals surface area contributed by atoms with E-state index in [0.29, 0.717) is 246 Å². The second-order valence-electron chi connectivity index (χ2n) is 60.6. The molecule has 0 aromatic rings. The van der Waals surface area contributed by atoms with Gasteiger partial charge in [0, 0.05) is 26.9 Å². The summed E-state index contributed by atoms with van der Waals surface area (Å²) in [5.74, 6) is 24.6. The van der Waals surface area contributed by atoms with Gasteiger partial charge >= 0.3 is 0 Å². The normalized spacial score (nSPS) is 66.6. The molecule has 74 atom stereocenters. The van der Waals surface area contributed by atoms with Crippen molar-refractivity contribution in [3.05, 3.63) is 0 Å². The molecule has 0 aromatic carbocycles. The molecule has 32 rings (SSSR count). The third-order valence-corrected chi connectivity index (χ3v) is 56.5. The van der Waals surface area contributed by atoms with E-state index in [0.717, 1.165) is 158 Å². The molecule has 0 radical (unpaired) electrons. The highest BCUT2D eigenvalue weighted by Crippen LogP contribution is 2.72. The topological polar surface area (TPSA) is 200 Å². The Hall–Kier alpha value is 1.39. The monoisotopic (exact) mass is 2200 g/mol. The zero-order chi connectivity index (χ0) is 105.